The van der Waals surface area contributed by atoms with Crippen molar-refractivity contribution in [2.24, 2.45) is 11.8 Å². The monoisotopic (exact) mass is 316 g/mol. The molecule has 126 valence electrons. The summed E-state index contributed by atoms with van der Waals surface area (Å²) in [6, 6.07) is 8.73. The molecular weight excluding hydrogens is 288 g/mol. The SMILES string of the molecule is CC[C@H]1CN(C(=O)C2CC2)CC[C@H]1NCc1ccc(OC)cc1. The van der Waals surface area contributed by atoms with Gasteiger partial charge in [0.2, 0.25) is 5.91 Å². The molecule has 1 aliphatic carbocycles. The third-order valence-corrected chi connectivity index (χ3v) is 5.22. The van der Waals surface area contributed by atoms with Crippen molar-refractivity contribution in [1.82, 2.24) is 10.2 Å². The number of likely N-dealkylation sites (tertiary alicyclic amines) is 1. The van der Waals surface area contributed by atoms with E-state index in [1.54, 1.807) is 7.11 Å². The second-order valence-electron chi connectivity index (χ2n) is 6.85. The first-order valence-electron chi connectivity index (χ1n) is 8.86. The molecule has 1 N–H and O–H groups in total. The van der Waals surface area contributed by atoms with Crippen molar-refractivity contribution in [2.75, 3.05) is 20.2 Å². The van der Waals surface area contributed by atoms with Crippen LogP contribution in [-0.2, 0) is 11.3 Å². The normalized spacial score (nSPS) is 24.5. The summed E-state index contributed by atoms with van der Waals surface area (Å²) >= 11 is 0. The van der Waals surface area contributed by atoms with Crippen LogP contribution in [0.3, 0.4) is 0 Å². The summed E-state index contributed by atoms with van der Waals surface area (Å²) in [5, 5.41) is 3.70. The van der Waals surface area contributed by atoms with E-state index >= 15 is 0 Å². The average Bonchev–Trinajstić information content (AvgIpc) is 3.44. The predicted octanol–water partition coefficient (Wildman–Crippen LogP) is 2.82. The molecule has 0 spiro atoms. The Balaban J connectivity index is 1.52. The molecule has 1 amide bonds. The van der Waals surface area contributed by atoms with Crippen molar-refractivity contribution in [2.45, 2.75) is 45.2 Å². The number of hydrogen-bond acceptors (Lipinski definition) is 3. The van der Waals surface area contributed by atoms with Crippen molar-refractivity contribution in [1.29, 1.82) is 0 Å². The molecule has 4 nitrogen and oxygen atoms in total. The van der Waals surface area contributed by atoms with Gasteiger partial charge in [0.25, 0.3) is 0 Å². The molecule has 4 heteroatoms. The minimum Gasteiger partial charge on any atom is -0.497 e. The van der Waals surface area contributed by atoms with Gasteiger partial charge in [0, 0.05) is 31.6 Å². The van der Waals surface area contributed by atoms with Gasteiger partial charge in [-0.25, -0.2) is 0 Å². The van der Waals surface area contributed by atoms with Crippen LogP contribution < -0.4 is 10.1 Å². The fraction of sp³-hybridized carbons (Fsp3) is 0.632. The van der Waals surface area contributed by atoms with Crippen LogP contribution in [0.15, 0.2) is 24.3 Å². The number of nitrogens with one attached hydrogen (secondary N) is 1. The maximum absolute atomic E-state index is 12.3. The van der Waals surface area contributed by atoms with Gasteiger partial charge in [0.05, 0.1) is 7.11 Å². The Morgan fingerprint density at radius 3 is 2.61 bits per heavy atom. The van der Waals surface area contributed by atoms with E-state index in [9.17, 15) is 4.79 Å². The number of benzene rings is 1. The Hall–Kier alpha value is -1.55. The maximum atomic E-state index is 12.3. The molecule has 0 unspecified atom stereocenters. The van der Waals surface area contributed by atoms with Gasteiger partial charge < -0.3 is 15.0 Å². The highest BCUT2D eigenvalue weighted by Gasteiger charge is 2.37. The molecule has 3 rings (SSSR count). The second-order valence-corrected chi connectivity index (χ2v) is 6.85. The van der Waals surface area contributed by atoms with Crippen LogP contribution in [0.2, 0.25) is 0 Å². The first-order chi connectivity index (χ1) is 11.2. The van der Waals surface area contributed by atoms with Gasteiger partial charge in [-0.1, -0.05) is 25.5 Å². The molecule has 0 bridgehead atoms. The van der Waals surface area contributed by atoms with Gasteiger partial charge in [-0.2, -0.15) is 0 Å². The smallest absolute Gasteiger partial charge is 0.225 e. The summed E-state index contributed by atoms with van der Waals surface area (Å²) < 4.78 is 5.20. The largest absolute Gasteiger partial charge is 0.497 e. The van der Waals surface area contributed by atoms with Crippen LogP contribution in [0.5, 0.6) is 5.75 Å². The third kappa shape index (κ3) is 4.05. The first kappa shape index (κ1) is 16.3. The number of piperidine rings is 1. The number of nitrogens with zero attached hydrogens (tertiary/aromatic N) is 1. The van der Waals surface area contributed by atoms with Crippen LogP contribution in [0, 0.1) is 11.8 Å². The number of methoxy groups -OCH3 is 1. The fourth-order valence-corrected chi connectivity index (χ4v) is 3.50. The fourth-order valence-electron chi connectivity index (χ4n) is 3.50. The molecule has 0 radical (unpaired) electrons. The Morgan fingerprint density at radius 1 is 1.26 bits per heavy atom. The Morgan fingerprint density at radius 2 is 2.00 bits per heavy atom. The van der Waals surface area contributed by atoms with E-state index in [4.69, 9.17) is 4.74 Å². The van der Waals surface area contributed by atoms with Gasteiger partial charge >= 0.3 is 0 Å². The standard InChI is InChI=1S/C19H28N2O2/c1-3-15-13-21(19(22)16-6-7-16)11-10-18(15)20-12-14-4-8-17(23-2)9-5-14/h4-5,8-9,15-16,18,20H,3,6-7,10-13H2,1-2H3/t15-,18+/m0/s1. The van der Waals surface area contributed by atoms with Crippen LogP contribution in [0.1, 0.15) is 38.2 Å². The zero-order valence-corrected chi connectivity index (χ0v) is 14.3. The summed E-state index contributed by atoms with van der Waals surface area (Å²) in [4.78, 5) is 14.4. The van der Waals surface area contributed by atoms with Crippen molar-refractivity contribution in [3.05, 3.63) is 29.8 Å². The number of rotatable bonds is 6. The minimum absolute atomic E-state index is 0.344. The summed E-state index contributed by atoms with van der Waals surface area (Å²) in [6.45, 7) is 4.94. The molecule has 1 saturated heterocycles. The highest BCUT2D eigenvalue weighted by atomic mass is 16.5. The molecular formula is C19H28N2O2. The molecule has 0 aromatic heterocycles. The number of carbonyl (C=O) groups excluding carboxylic acids is 1. The van der Waals surface area contributed by atoms with Gasteiger partial charge in [0.1, 0.15) is 5.75 Å². The van der Waals surface area contributed by atoms with Crippen LogP contribution >= 0.6 is 0 Å². The summed E-state index contributed by atoms with van der Waals surface area (Å²) in [6.07, 6.45) is 4.39. The van der Waals surface area contributed by atoms with Crippen molar-refractivity contribution >= 4 is 5.91 Å². The van der Waals surface area contributed by atoms with Crippen LogP contribution in [0.4, 0.5) is 0 Å². The highest BCUT2D eigenvalue weighted by Crippen LogP contribution is 2.33. The van der Waals surface area contributed by atoms with Gasteiger partial charge in [-0.05, 0) is 42.9 Å². The van der Waals surface area contributed by atoms with E-state index < -0.39 is 0 Å². The topological polar surface area (TPSA) is 41.6 Å². The van der Waals surface area contributed by atoms with E-state index in [-0.39, 0.29) is 0 Å². The predicted molar refractivity (Wildman–Crippen MR) is 91.3 cm³/mol. The second kappa shape index (κ2) is 7.35. The van der Waals surface area contributed by atoms with E-state index in [0.29, 0.717) is 23.8 Å². The molecule has 1 saturated carbocycles. The van der Waals surface area contributed by atoms with Crippen molar-refractivity contribution in [3.63, 3.8) is 0 Å². The van der Waals surface area contributed by atoms with E-state index in [0.717, 1.165) is 51.1 Å². The lowest BCUT2D eigenvalue weighted by atomic mass is 9.89. The number of ether oxygens (including phenoxy) is 1. The maximum Gasteiger partial charge on any atom is 0.225 e. The summed E-state index contributed by atoms with van der Waals surface area (Å²) in [5.41, 5.74) is 1.28. The van der Waals surface area contributed by atoms with Crippen molar-refractivity contribution < 1.29 is 9.53 Å². The lowest BCUT2D eigenvalue weighted by molar-refractivity contribution is -0.134. The van der Waals surface area contributed by atoms with E-state index in [1.165, 1.54) is 5.56 Å². The molecule has 2 atom stereocenters. The molecule has 2 fully saturated rings. The Bertz CT molecular complexity index is 525. The van der Waals surface area contributed by atoms with Gasteiger partial charge in [-0.3, -0.25) is 4.79 Å². The molecule has 1 heterocycles. The first-order valence-corrected chi connectivity index (χ1v) is 8.86. The average molecular weight is 316 g/mol. The minimum atomic E-state index is 0.344. The lowest BCUT2D eigenvalue weighted by Gasteiger charge is -2.39. The van der Waals surface area contributed by atoms with E-state index in [1.807, 2.05) is 12.1 Å². The highest BCUT2D eigenvalue weighted by molar-refractivity contribution is 5.81. The van der Waals surface area contributed by atoms with Gasteiger partial charge in [-0.15, -0.1) is 0 Å². The Labute approximate surface area is 139 Å². The molecule has 1 aromatic carbocycles. The molecule has 1 aromatic rings. The van der Waals surface area contributed by atoms with Gasteiger partial charge in [0.15, 0.2) is 0 Å². The van der Waals surface area contributed by atoms with Crippen LogP contribution in [-0.4, -0.2) is 37.0 Å². The zero-order chi connectivity index (χ0) is 16.2. The van der Waals surface area contributed by atoms with E-state index in [2.05, 4.69) is 29.3 Å². The number of amides is 1. The molecule has 23 heavy (non-hydrogen) atoms. The number of carbonyl (C=O) groups is 1. The number of hydrogen-bond donors (Lipinski definition) is 1. The molecule has 2 aliphatic rings. The van der Waals surface area contributed by atoms with Crippen molar-refractivity contribution in [3.8, 4) is 5.75 Å². The third-order valence-electron chi connectivity index (χ3n) is 5.22. The molecule has 1 aliphatic heterocycles. The Kier molecular flexibility index (Phi) is 5.21. The summed E-state index contributed by atoms with van der Waals surface area (Å²) in [7, 11) is 1.69. The summed E-state index contributed by atoms with van der Waals surface area (Å²) in [5.74, 6) is 2.20. The lowest BCUT2D eigenvalue weighted by Crippen LogP contribution is -2.51. The zero-order valence-electron chi connectivity index (χ0n) is 14.3. The quantitative estimate of drug-likeness (QED) is 0.877. The van der Waals surface area contributed by atoms with Crippen LogP contribution in [0.25, 0.3) is 0 Å².